The van der Waals surface area contributed by atoms with Crippen LogP contribution in [0.1, 0.15) is 38.7 Å². The van der Waals surface area contributed by atoms with Crippen molar-refractivity contribution in [3.8, 4) is 0 Å². The highest BCUT2D eigenvalue weighted by atomic mass is 79.9. The fourth-order valence-electron chi connectivity index (χ4n) is 1.74. The molecule has 1 atom stereocenters. The molecule has 0 bridgehead atoms. The first-order chi connectivity index (χ1) is 9.04. The van der Waals surface area contributed by atoms with Crippen LogP contribution in [0.2, 0.25) is 0 Å². The Kier molecular flexibility index (Phi) is 5.38. The Hall–Kier alpha value is -0.880. The molecule has 0 aliphatic rings. The van der Waals surface area contributed by atoms with Gasteiger partial charge in [0.15, 0.2) is 9.84 Å². The molecule has 0 aromatic heterocycles. The van der Waals surface area contributed by atoms with Gasteiger partial charge in [0.2, 0.25) is 0 Å². The van der Waals surface area contributed by atoms with Crippen LogP contribution in [0.15, 0.2) is 28.7 Å². The molecule has 0 aliphatic heterocycles. The lowest BCUT2D eigenvalue weighted by Gasteiger charge is -2.21. The third-order valence-electron chi connectivity index (χ3n) is 3.16. The van der Waals surface area contributed by atoms with Gasteiger partial charge in [-0.25, -0.2) is 8.42 Å². The minimum atomic E-state index is -3.32. The van der Waals surface area contributed by atoms with Crippen molar-refractivity contribution in [2.75, 3.05) is 5.75 Å². The average molecular weight is 363 g/mol. The highest BCUT2D eigenvalue weighted by Crippen LogP contribution is 2.26. The normalized spacial score (nSPS) is 14.0. The second kappa shape index (κ2) is 6.26. The van der Waals surface area contributed by atoms with Crippen molar-refractivity contribution >= 4 is 31.7 Å². The molecular formula is C14H19BrO4S. The maximum Gasteiger partial charge on any atom is 0.311 e. The van der Waals surface area contributed by atoms with Crippen LogP contribution in [-0.4, -0.2) is 30.0 Å². The number of halogens is 1. The van der Waals surface area contributed by atoms with Crippen LogP contribution < -0.4 is 0 Å². The monoisotopic (exact) mass is 362 g/mol. The van der Waals surface area contributed by atoms with Gasteiger partial charge in [0.05, 0.1) is 16.4 Å². The number of sulfone groups is 1. The summed E-state index contributed by atoms with van der Waals surface area (Å²) in [5.74, 6) is -1.96. The van der Waals surface area contributed by atoms with E-state index in [1.807, 2.05) is 0 Å². The summed E-state index contributed by atoms with van der Waals surface area (Å²) >= 11 is 3.29. The quantitative estimate of drug-likeness (QED) is 0.872. The van der Waals surface area contributed by atoms with E-state index in [1.54, 1.807) is 45.0 Å². The molecule has 0 saturated carbocycles. The molecule has 1 unspecified atom stereocenters. The van der Waals surface area contributed by atoms with Crippen molar-refractivity contribution in [3.05, 3.63) is 34.3 Å². The fraction of sp³-hybridized carbons (Fsp3) is 0.500. The lowest BCUT2D eigenvalue weighted by molar-refractivity contribution is -0.138. The van der Waals surface area contributed by atoms with E-state index in [2.05, 4.69) is 15.9 Å². The molecule has 1 N–H and O–H groups in total. The Morgan fingerprint density at radius 3 is 2.40 bits per heavy atom. The Balaban J connectivity index is 2.94. The summed E-state index contributed by atoms with van der Waals surface area (Å²) < 4.78 is 24.1. The molecule has 6 heteroatoms. The van der Waals surface area contributed by atoms with E-state index < -0.39 is 26.5 Å². The van der Waals surface area contributed by atoms with Gasteiger partial charge in [0, 0.05) is 4.47 Å². The first kappa shape index (κ1) is 17.2. The molecule has 20 heavy (non-hydrogen) atoms. The van der Waals surface area contributed by atoms with Crippen molar-refractivity contribution < 1.29 is 18.3 Å². The van der Waals surface area contributed by atoms with Crippen LogP contribution in [0.5, 0.6) is 0 Å². The molecule has 0 spiro atoms. The summed E-state index contributed by atoms with van der Waals surface area (Å²) in [7, 11) is -3.32. The smallest absolute Gasteiger partial charge is 0.311 e. The zero-order chi connectivity index (χ0) is 15.6. The molecule has 1 aromatic rings. The van der Waals surface area contributed by atoms with E-state index >= 15 is 0 Å². The van der Waals surface area contributed by atoms with Gasteiger partial charge in [-0.2, -0.15) is 0 Å². The number of hydrogen-bond acceptors (Lipinski definition) is 3. The standard InChI is InChI=1S/C14H19BrO4S/c1-14(2,3)20(18,19)8-7-12(13(16)17)10-5-4-6-11(15)9-10/h4-6,9,12H,7-8H2,1-3H3,(H,16,17). The van der Waals surface area contributed by atoms with Crippen molar-refractivity contribution in [1.29, 1.82) is 0 Å². The molecule has 0 radical (unpaired) electrons. The highest BCUT2D eigenvalue weighted by Gasteiger charge is 2.31. The van der Waals surface area contributed by atoms with Crippen LogP contribution in [0.4, 0.5) is 0 Å². The van der Waals surface area contributed by atoms with Crippen LogP contribution in [0, 0.1) is 0 Å². The first-order valence-electron chi connectivity index (χ1n) is 6.25. The summed E-state index contributed by atoms with van der Waals surface area (Å²) in [5.41, 5.74) is 0.607. The third-order valence-corrected chi connectivity index (χ3v) is 6.29. The van der Waals surface area contributed by atoms with Crippen molar-refractivity contribution in [2.24, 2.45) is 0 Å². The Morgan fingerprint density at radius 1 is 1.35 bits per heavy atom. The molecule has 0 fully saturated rings. The lowest BCUT2D eigenvalue weighted by Crippen LogP contribution is -2.31. The molecule has 4 nitrogen and oxygen atoms in total. The van der Waals surface area contributed by atoms with Gasteiger partial charge in [0.1, 0.15) is 0 Å². The fourth-order valence-corrected chi connectivity index (χ4v) is 3.31. The van der Waals surface area contributed by atoms with Gasteiger partial charge in [-0.3, -0.25) is 4.79 Å². The van der Waals surface area contributed by atoms with Crippen LogP contribution in [0.3, 0.4) is 0 Å². The molecule has 0 aliphatic carbocycles. The van der Waals surface area contributed by atoms with Gasteiger partial charge in [0.25, 0.3) is 0 Å². The maximum atomic E-state index is 12.1. The maximum absolute atomic E-state index is 12.1. The topological polar surface area (TPSA) is 71.4 Å². The van der Waals surface area contributed by atoms with Gasteiger partial charge >= 0.3 is 5.97 Å². The summed E-state index contributed by atoms with van der Waals surface area (Å²) in [6.07, 6.45) is 0.0748. The van der Waals surface area contributed by atoms with Gasteiger partial charge < -0.3 is 5.11 Å². The van der Waals surface area contributed by atoms with E-state index in [9.17, 15) is 18.3 Å². The summed E-state index contributed by atoms with van der Waals surface area (Å²) in [4.78, 5) is 11.4. The molecule has 0 heterocycles. The number of carboxylic acids is 1. The van der Waals surface area contributed by atoms with Crippen molar-refractivity contribution in [3.63, 3.8) is 0 Å². The number of carbonyl (C=O) groups is 1. The number of carboxylic acid groups (broad SMARTS) is 1. The average Bonchev–Trinajstić information content (AvgIpc) is 2.27. The lowest BCUT2D eigenvalue weighted by atomic mass is 9.97. The minimum absolute atomic E-state index is 0.0748. The Labute approximate surface area is 128 Å². The van der Waals surface area contributed by atoms with Crippen LogP contribution in [0.25, 0.3) is 0 Å². The predicted molar refractivity (Wildman–Crippen MR) is 82.7 cm³/mol. The second-order valence-corrected chi connectivity index (χ2v) is 9.44. The molecular weight excluding hydrogens is 344 g/mol. The van der Waals surface area contributed by atoms with Gasteiger partial charge in [-0.15, -0.1) is 0 Å². The second-order valence-electron chi connectivity index (χ2n) is 5.67. The van der Waals surface area contributed by atoms with E-state index in [4.69, 9.17) is 0 Å². The van der Waals surface area contributed by atoms with E-state index in [-0.39, 0.29) is 12.2 Å². The third kappa shape index (κ3) is 4.31. The van der Waals surface area contributed by atoms with Crippen molar-refractivity contribution in [2.45, 2.75) is 37.9 Å². The molecule has 0 saturated heterocycles. The molecule has 1 rings (SSSR count). The van der Waals surface area contributed by atoms with Crippen LogP contribution in [-0.2, 0) is 14.6 Å². The highest BCUT2D eigenvalue weighted by molar-refractivity contribution is 9.10. The number of rotatable bonds is 5. The Morgan fingerprint density at radius 2 is 1.95 bits per heavy atom. The van der Waals surface area contributed by atoms with E-state index in [1.165, 1.54) is 0 Å². The Bertz CT molecular complexity index is 587. The molecule has 1 aromatic carbocycles. The van der Waals surface area contributed by atoms with E-state index in [0.29, 0.717) is 5.56 Å². The summed E-state index contributed by atoms with van der Waals surface area (Å²) in [5, 5.41) is 9.31. The zero-order valence-electron chi connectivity index (χ0n) is 11.8. The SMILES string of the molecule is CC(C)(C)S(=O)(=O)CCC(C(=O)O)c1cccc(Br)c1. The molecule has 112 valence electrons. The first-order valence-corrected chi connectivity index (χ1v) is 8.70. The number of benzene rings is 1. The number of hydrogen-bond donors (Lipinski definition) is 1. The summed E-state index contributed by atoms with van der Waals surface area (Å²) in [6.45, 7) is 4.87. The largest absolute Gasteiger partial charge is 0.481 e. The van der Waals surface area contributed by atoms with Crippen LogP contribution >= 0.6 is 15.9 Å². The minimum Gasteiger partial charge on any atom is -0.481 e. The summed E-state index contributed by atoms with van der Waals surface area (Å²) in [6, 6.07) is 6.96. The van der Waals surface area contributed by atoms with E-state index in [0.717, 1.165) is 4.47 Å². The van der Waals surface area contributed by atoms with Gasteiger partial charge in [-0.1, -0.05) is 28.1 Å². The van der Waals surface area contributed by atoms with Crippen molar-refractivity contribution in [1.82, 2.24) is 0 Å². The van der Waals surface area contributed by atoms with Gasteiger partial charge in [-0.05, 0) is 44.9 Å². The number of aliphatic carboxylic acids is 1. The zero-order valence-corrected chi connectivity index (χ0v) is 14.2. The predicted octanol–water partition coefficient (Wildman–Crippen LogP) is 3.22. The molecule has 0 amide bonds.